The van der Waals surface area contributed by atoms with E-state index in [1.54, 1.807) is 12.3 Å². The van der Waals surface area contributed by atoms with Gasteiger partial charge in [-0.2, -0.15) is 0 Å². The van der Waals surface area contributed by atoms with Crippen molar-refractivity contribution in [3.63, 3.8) is 0 Å². The van der Waals surface area contributed by atoms with Gasteiger partial charge in [-0.25, -0.2) is 9.97 Å². The first-order valence-corrected chi connectivity index (χ1v) is 6.29. The Balaban J connectivity index is 1.92. The summed E-state index contributed by atoms with van der Waals surface area (Å²) in [5, 5.41) is 1.25. The Bertz CT molecular complexity index is 701. The van der Waals surface area contributed by atoms with Gasteiger partial charge in [0.1, 0.15) is 17.5 Å². The van der Waals surface area contributed by atoms with Crippen molar-refractivity contribution in [1.29, 1.82) is 0 Å². The summed E-state index contributed by atoms with van der Waals surface area (Å²) in [7, 11) is 0. The summed E-state index contributed by atoms with van der Waals surface area (Å²) >= 11 is 5.97. The fourth-order valence-corrected chi connectivity index (χ4v) is 2.03. The molecule has 0 N–H and O–H groups in total. The number of rotatable bonds is 3. The summed E-state index contributed by atoms with van der Waals surface area (Å²) in [6.07, 6.45) is 1.69. The van der Waals surface area contributed by atoms with Gasteiger partial charge in [-0.15, -0.1) is 0 Å². The van der Waals surface area contributed by atoms with Gasteiger partial charge in [0.15, 0.2) is 5.65 Å². The van der Waals surface area contributed by atoms with Gasteiger partial charge in [0.05, 0.1) is 5.39 Å². The van der Waals surface area contributed by atoms with Crippen LogP contribution in [0.15, 0.2) is 54.7 Å². The van der Waals surface area contributed by atoms with Crippen LogP contribution in [0.2, 0.25) is 5.15 Å². The largest absolute Gasteiger partial charge is 0.488 e. The highest BCUT2D eigenvalue weighted by Crippen LogP contribution is 2.26. The minimum absolute atomic E-state index is 0.384. The predicted molar refractivity (Wildman–Crippen MR) is 75.3 cm³/mol. The van der Waals surface area contributed by atoms with Crippen molar-refractivity contribution < 1.29 is 4.74 Å². The molecule has 0 aliphatic heterocycles. The van der Waals surface area contributed by atoms with Gasteiger partial charge >= 0.3 is 0 Å². The van der Waals surface area contributed by atoms with Gasteiger partial charge in [-0.3, -0.25) is 0 Å². The first kappa shape index (κ1) is 11.9. The third-order valence-corrected chi connectivity index (χ3v) is 2.95. The molecule has 0 spiro atoms. The lowest BCUT2D eigenvalue weighted by Gasteiger charge is -2.09. The van der Waals surface area contributed by atoms with E-state index in [1.165, 1.54) is 0 Å². The fraction of sp³-hybridized carbons (Fsp3) is 0.0667. The zero-order valence-corrected chi connectivity index (χ0v) is 10.8. The number of halogens is 1. The van der Waals surface area contributed by atoms with E-state index in [4.69, 9.17) is 16.3 Å². The van der Waals surface area contributed by atoms with Crippen LogP contribution in [0, 0.1) is 0 Å². The minimum Gasteiger partial charge on any atom is -0.488 e. The molecule has 3 aromatic rings. The van der Waals surface area contributed by atoms with E-state index in [-0.39, 0.29) is 0 Å². The second-order valence-electron chi connectivity index (χ2n) is 4.09. The monoisotopic (exact) mass is 270 g/mol. The van der Waals surface area contributed by atoms with Gasteiger partial charge in [0.2, 0.25) is 0 Å². The van der Waals surface area contributed by atoms with Crippen LogP contribution in [0.1, 0.15) is 5.56 Å². The molecule has 0 saturated heterocycles. The van der Waals surface area contributed by atoms with Crippen molar-refractivity contribution >= 4 is 22.6 Å². The summed E-state index contributed by atoms with van der Waals surface area (Å²) in [6, 6.07) is 15.5. The predicted octanol–water partition coefficient (Wildman–Crippen LogP) is 3.86. The van der Waals surface area contributed by atoms with Crippen molar-refractivity contribution in [2.75, 3.05) is 0 Å². The van der Waals surface area contributed by atoms with Crippen molar-refractivity contribution in [2.45, 2.75) is 6.61 Å². The molecule has 0 aliphatic carbocycles. The molecule has 2 heterocycles. The van der Waals surface area contributed by atoms with Crippen LogP contribution in [-0.4, -0.2) is 9.97 Å². The average Bonchev–Trinajstić information content (AvgIpc) is 2.45. The molecule has 0 saturated carbocycles. The Morgan fingerprint density at radius 3 is 2.74 bits per heavy atom. The van der Waals surface area contributed by atoms with Gasteiger partial charge in [-0.05, 0) is 17.7 Å². The Labute approximate surface area is 115 Å². The van der Waals surface area contributed by atoms with E-state index in [0.717, 1.165) is 10.9 Å². The number of ether oxygens (including phenoxy) is 1. The van der Waals surface area contributed by atoms with Crippen LogP contribution in [0.5, 0.6) is 5.75 Å². The van der Waals surface area contributed by atoms with E-state index in [2.05, 4.69) is 9.97 Å². The van der Waals surface area contributed by atoms with E-state index in [9.17, 15) is 0 Å². The zero-order chi connectivity index (χ0) is 13.1. The first-order chi connectivity index (χ1) is 9.33. The lowest BCUT2D eigenvalue weighted by Crippen LogP contribution is -1.97. The highest BCUT2D eigenvalue weighted by atomic mass is 35.5. The highest BCUT2D eigenvalue weighted by molar-refractivity contribution is 6.30. The number of pyridine rings is 2. The van der Waals surface area contributed by atoms with E-state index in [1.807, 2.05) is 42.5 Å². The van der Waals surface area contributed by atoms with Crippen molar-refractivity contribution in [1.82, 2.24) is 9.97 Å². The number of benzene rings is 1. The number of nitrogens with zero attached hydrogens (tertiary/aromatic N) is 2. The summed E-state index contributed by atoms with van der Waals surface area (Å²) in [5.41, 5.74) is 1.70. The maximum Gasteiger partial charge on any atom is 0.164 e. The third kappa shape index (κ3) is 2.66. The maximum absolute atomic E-state index is 5.97. The normalized spacial score (nSPS) is 10.6. The Morgan fingerprint density at radius 1 is 1.05 bits per heavy atom. The molecule has 0 bridgehead atoms. The molecule has 94 valence electrons. The Hall–Kier alpha value is -2.13. The van der Waals surface area contributed by atoms with E-state index < -0.39 is 0 Å². The summed E-state index contributed by atoms with van der Waals surface area (Å²) in [4.78, 5) is 8.35. The smallest absolute Gasteiger partial charge is 0.164 e. The lowest BCUT2D eigenvalue weighted by molar-refractivity contribution is 0.310. The number of aromatic nitrogens is 2. The van der Waals surface area contributed by atoms with Gasteiger partial charge in [-0.1, -0.05) is 41.9 Å². The molecule has 0 atom stereocenters. The average molecular weight is 271 g/mol. The molecule has 3 rings (SSSR count). The molecule has 3 nitrogen and oxygen atoms in total. The molecule has 19 heavy (non-hydrogen) atoms. The third-order valence-electron chi connectivity index (χ3n) is 2.75. The van der Waals surface area contributed by atoms with Crippen molar-refractivity contribution in [3.05, 3.63) is 65.4 Å². The second kappa shape index (κ2) is 5.24. The van der Waals surface area contributed by atoms with Crippen LogP contribution >= 0.6 is 11.6 Å². The molecule has 2 aromatic heterocycles. The zero-order valence-electron chi connectivity index (χ0n) is 10.1. The van der Waals surface area contributed by atoms with Crippen LogP contribution < -0.4 is 4.74 Å². The number of fused-ring (bicyclic) bond motifs is 1. The fourth-order valence-electron chi connectivity index (χ4n) is 1.85. The summed E-state index contributed by atoms with van der Waals surface area (Å²) in [6.45, 7) is 0.491. The molecule has 0 amide bonds. The van der Waals surface area contributed by atoms with Crippen LogP contribution in [0.4, 0.5) is 0 Å². The Morgan fingerprint density at radius 2 is 1.89 bits per heavy atom. The van der Waals surface area contributed by atoms with Gasteiger partial charge in [0, 0.05) is 12.3 Å². The van der Waals surface area contributed by atoms with Gasteiger partial charge < -0.3 is 4.74 Å². The lowest BCUT2D eigenvalue weighted by atomic mass is 10.2. The highest BCUT2D eigenvalue weighted by Gasteiger charge is 2.06. The molecule has 0 aliphatic rings. The van der Waals surface area contributed by atoms with Crippen molar-refractivity contribution in [2.24, 2.45) is 0 Å². The Kier molecular flexibility index (Phi) is 3.29. The maximum atomic E-state index is 5.97. The second-order valence-corrected chi connectivity index (χ2v) is 4.48. The van der Waals surface area contributed by atoms with E-state index >= 15 is 0 Å². The minimum atomic E-state index is 0.384. The van der Waals surface area contributed by atoms with Crippen LogP contribution in [-0.2, 0) is 6.61 Å². The summed E-state index contributed by atoms with van der Waals surface area (Å²) < 4.78 is 5.82. The first-order valence-electron chi connectivity index (χ1n) is 5.91. The molecular weight excluding hydrogens is 260 g/mol. The molecule has 0 fully saturated rings. The summed E-state index contributed by atoms with van der Waals surface area (Å²) in [5.74, 6) is 0.701. The van der Waals surface area contributed by atoms with Crippen molar-refractivity contribution in [3.8, 4) is 5.75 Å². The number of hydrogen-bond donors (Lipinski definition) is 0. The standard InChI is InChI=1S/C15H11ClN2O/c16-14-9-13(12-7-4-8-17-15(12)18-14)19-10-11-5-2-1-3-6-11/h1-9H,10H2. The molecule has 0 unspecified atom stereocenters. The number of hydrogen-bond acceptors (Lipinski definition) is 3. The molecule has 0 radical (unpaired) electrons. The van der Waals surface area contributed by atoms with E-state index in [0.29, 0.717) is 23.2 Å². The molecule has 1 aromatic carbocycles. The molecular formula is C15H11ClN2O. The quantitative estimate of drug-likeness (QED) is 0.678. The van der Waals surface area contributed by atoms with Gasteiger partial charge in [0.25, 0.3) is 0 Å². The molecule has 4 heteroatoms. The topological polar surface area (TPSA) is 35.0 Å². The SMILES string of the molecule is Clc1cc(OCc2ccccc2)c2cccnc2n1. The van der Waals surface area contributed by atoms with Crippen LogP contribution in [0.3, 0.4) is 0 Å². The van der Waals surface area contributed by atoms with Crippen LogP contribution in [0.25, 0.3) is 11.0 Å².